The van der Waals surface area contributed by atoms with Crippen LogP contribution < -0.4 is 0 Å². The van der Waals surface area contributed by atoms with Crippen molar-refractivity contribution in [2.24, 2.45) is 0 Å². The molecule has 2 rings (SSSR count). The topological polar surface area (TPSA) is 37.3 Å². The van der Waals surface area contributed by atoms with Crippen molar-refractivity contribution in [2.75, 3.05) is 0 Å². The van der Waals surface area contributed by atoms with Crippen LogP contribution in [0.25, 0.3) is 10.8 Å². The Balaban J connectivity index is 0.000000245. The van der Waals surface area contributed by atoms with Crippen LogP contribution in [0.1, 0.15) is 6.92 Å². The highest BCUT2D eigenvalue weighted by Gasteiger charge is 1.92. The molecule has 0 fully saturated rings. The molecule has 0 radical (unpaired) electrons. The van der Waals surface area contributed by atoms with Crippen LogP contribution in [0.2, 0.25) is 0 Å². The lowest BCUT2D eigenvalue weighted by atomic mass is 10.1. The minimum Gasteiger partial charge on any atom is -0.481 e. The van der Waals surface area contributed by atoms with Gasteiger partial charge in [-0.15, -0.1) is 0 Å². The third kappa shape index (κ3) is 3.77. The maximum atomic E-state index is 12.6. The molecule has 15 heavy (non-hydrogen) atoms. The summed E-state index contributed by atoms with van der Waals surface area (Å²) in [7, 11) is 0. The molecule has 2 aromatic rings. The van der Waals surface area contributed by atoms with Gasteiger partial charge in [0.15, 0.2) is 0 Å². The van der Waals surface area contributed by atoms with Crippen LogP contribution in [-0.4, -0.2) is 11.1 Å². The summed E-state index contributed by atoms with van der Waals surface area (Å²) < 4.78 is 12.6. The number of carboxylic acid groups (broad SMARTS) is 1. The van der Waals surface area contributed by atoms with Crippen LogP contribution in [0.4, 0.5) is 4.39 Å². The zero-order valence-electron chi connectivity index (χ0n) is 8.27. The second kappa shape index (κ2) is 5.10. The fourth-order valence-corrected chi connectivity index (χ4v) is 1.16. The van der Waals surface area contributed by atoms with E-state index in [-0.39, 0.29) is 5.82 Å². The highest BCUT2D eigenvalue weighted by atomic mass is 19.1. The fourth-order valence-electron chi connectivity index (χ4n) is 1.16. The van der Waals surface area contributed by atoms with Gasteiger partial charge in [-0.05, 0) is 22.9 Å². The monoisotopic (exact) mass is 206 g/mol. The number of halogens is 1. The average Bonchev–Trinajstić information content (AvgIpc) is 2.16. The van der Waals surface area contributed by atoms with E-state index in [1.54, 1.807) is 6.07 Å². The maximum absolute atomic E-state index is 12.6. The van der Waals surface area contributed by atoms with E-state index in [9.17, 15) is 4.39 Å². The molecule has 0 atom stereocenters. The summed E-state index contributed by atoms with van der Waals surface area (Å²) in [5.41, 5.74) is 0. The molecule has 0 saturated heterocycles. The maximum Gasteiger partial charge on any atom is 0.300 e. The lowest BCUT2D eigenvalue weighted by molar-refractivity contribution is -0.134. The largest absolute Gasteiger partial charge is 0.481 e. The first-order valence-corrected chi connectivity index (χ1v) is 4.43. The summed E-state index contributed by atoms with van der Waals surface area (Å²) in [6, 6.07) is 12.5. The smallest absolute Gasteiger partial charge is 0.300 e. The molecule has 0 bridgehead atoms. The van der Waals surface area contributed by atoms with Gasteiger partial charge < -0.3 is 5.11 Å². The molecule has 0 spiro atoms. The predicted octanol–water partition coefficient (Wildman–Crippen LogP) is 3.07. The minimum absolute atomic E-state index is 0.177. The van der Waals surface area contributed by atoms with Gasteiger partial charge in [0.2, 0.25) is 0 Å². The van der Waals surface area contributed by atoms with Crippen LogP contribution in [0.15, 0.2) is 42.5 Å². The number of aliphatic carboxylic acids is 1. The highest BCUT2D eigenvalue weighted by molar-refractivity contribution is 5.82. The van der Waals surface area contributed by atoms with E-state index in [1.165, 1.54) is 12.1 Å². The molecule has 1 N–H and O–H groups in total. The minimum atomic E-state index is -0.833. The van der Waals surface area contributed by atoms with Crippen molar-refractivity contribution in [3.8, 4) is 0 Å². The van der Waals surface area contributed by atoms with E-state index >= 15 is 0 Å². The molecule has 0 amide bonds. The molecule has 2 nitrogen and oxygen atoms in total. The molecule has 0 unspecified atom stereocenters. The normalized spacial score (nSPS) is 9.20. The predicted molar refractivity (Wildman–Crippen MR) is 57.2 cm³/mol. The van der Waals surface area contributed by atoms with Gasteiger partial charge in [0.1, 0.15) is 5.82 Å². The van der Waals surface area contributed by atoms with Crippen LogP contribution in [0.5, 0.6) is 0 Å². The van der Waals surface area contributed by atoms with Crippen molar-refractivity contribution in [3.05, 3.63) is 48.3 Å². The van der Waals surface area contributed by atoms with Crippen molar-refractivity contribution in [3.63, 3.8) is 0 Å². The Morgan fingerprint density at radius 1 is 1.13 bits per heavy atom. The summed E-state index contributed by atoms with van der Waals surface area (Å²) >= 11 is 0. The summed E-state index contributed by atoms with van der Waals surface area (Å²) in [4.78, 5) is 9.00. The highest BCUT2D eigenvalue weighted by Crippen LogP contribution is 2.13. The van der Waals surface area contributed by atoms with Gasteiger partial charge in [-0.1, -0.05) is 30.3 Å². The number of carboxylic acids is 1. The van der Waals surface area contributed by atoms with Gasteiger partial charge in [-0.3, -0.25) is 4.79 Å². The fraction of sp³-hybridized carbons (Fsp3) is 0.0833. The van der Waals surface area contributed by atoms with Gasteiger partial charge in [0.05, 0.1) is 0 Å². The Kier molecular flexibility index (Phi) is 3.80. The zero-order chi connectivity index (χ0) is 11.3. The van der Waals surface area contributed by atoms with Crippen molar-refractivity contribution < 1.29 is 14.3 Å². The molecule has 0 aliphatic carbocycles. The number of carbonyl (C=O) groups is 1. The van der Waals surface area contributed by atoms with E-state index in [0.717, 1.165) is 17.7 Å². The lowest BCUT2D eigenvalue weighted by Gasteiger charge is -1.94. The molecule has 2 aromatic carbocycles. The number of hydrogen-bond acceptors (Lipinski definition) is 1. The first-order valence-electron chi connectivity index (χ1n) is 4.43. The van der Waals surface area contributed by atoms with Crippen molar-refractivity contribution in [1.29, 1.82) is 0 Å². The third-order valence-corrected chi connectivity index (χ3v) is 1.71. The third-order valence-electron chi connectivity index (χ3n) is 1.71. The van der Waals surface area contributed by atoms with Crippen LogP contribution in [0.3, 0.4) is 0 Å². The molecular weight excluding hydrogens is 195 g/mol. The quantitative estimate of drug-likeness (QED) is 0.719. The van der Waals surface area contributed by atoms with Crippen molar-refractivity contribution in [1.82, 2.24) is 0 Å². The first kappa shape index (κ1) is 11.2. The van der Waals surface area contributed by atoms with Gasteiger partial charge >= 0.3 is 0 Å². The molecule has 0 heterocycles. The Bertz CT molecular complexity index is 462. The van der Waals surface area contributed by atoms with Gasteiger partial charge in [0, 0.05) is 6.92 Å². The summed E-state index contributed by atoms with van der Waals surface area (Å²) in [5.74, 6) is -1.01. The number of rotatable bonds is 0. The average molecular weight is 206 g/mol. The van der Waals surface area contributed by atoms with E-state index in [4.69, 9.17) is 9.90 Å². The zero-order valence-corrected chi connectivity index (χ0v) is 8.27. The number of hydrogen-bond donors (Lipinski definition) is 1. The van der Waals surface area contributed by atoms with Crippen LogP contribution >= 0.6 is 0 Å². The Morgan fingerprint density at radius 2 is 1.67 bits per heavy atom. The molecule has 0 aliphatic rings. The Hall–Kier alpha value is -1.90. The standard InChI is InChI=1S/C10H7F.C2H4O2/c11-10-6-5-8-3-1-2-4-9(8)7-10;1-2(3)4/h1-7H;1H3,(H,3,4). The van der Waals surface area contributed by atoms with E-state index in [2.05, 4.69) is 0 Å². The van der Waals surface area contributed by atoms with E-state index < -0.39 is 5.97 Å². The number of benzene rings is 2. The SMILES string of the molecule is CC(=O)O.Fc1ccc2ccccc2c1. The first-order chi connectivity index (χ1) is 7.09. The van der Waals surface area contributed by atoms with Gasteiger partial charge in [0.25, 0.3) is 5.97 Å². The lowest BCUT2D eigenvalue weighted by Crippen LogP contribution is -1.78. The summed E-state index contributed by atoms with van der Waals surface area (Å²) in [5, 5.41) is 9.45. The van der Waals surface area contributed by atoms with Crippen molar-refractivity contribution >= 4 is 16.7 Å². The summed E-state index contributed by atoms with van der Waals surface area (Å²) in [6.07, 6.45) is 0. The molecule has 0 saturated carbocycles. The Labute approximate surface area is 87.0 Å². The molecule has 78 valence electrons. The van der Waals surface area contributed by atoms with E-state index in [0.29, 0.717) is 0 Å². The van der Waals surface area contributed by atoms with E-state index in [1.807, 2.05) is 24.3 Å². The second-order valence-corrected chi connectivity index (χ2v) is 3.01. The molecular formula is C12H11FO2. The molecule has 3 heteroatoms. The Morgan fingerprint density at radius 3 is 2.27 bits per heavy atom. The van der Waals surface area contributed by atoms with Gasteiger partial charge in [-0.25, -0.2) is 4.39 Å². The van der Waals surface area contributed by atoms with Crippen LogP contribution in [0, 0.1) is 5.82 Å². The molecule has 0 aliphatic heterocycles. The van der Waals surface area contributed by atoms with Crippen LogP contribution in [-0.2, 0) is 4.79 Å². The second-order valence-electron chi connectivity index (χ2n) is 3.01. The molecule has 0 aromatic heterocycles. The summed E-state index contributed by atoms with van der Waals surface area (Å²) in [6.45, 7) is 1.08. The van der Waals surface area contributed by atoms with Crippen molar-refractivity contribution in [2.45, 2.75) is 6.92 Å². The number of fused-ring (bicyclic) bond motifs is 1. The van der Waals surface area contributed by atoms with Gasteiger partial charge in [-0.2, -0.15) is 0 Å².